The molecule has 1 spiro atoms. The average Bonchev–Trinajstić information content (AvgIpc) is 2.24. The summed E-state index contributed by atoms with van der Waals surface area (Å²) in [5.74, 6) is -1.36. The highest BCUT2D eigenvalue weighted by atomic mass is 16.7. The Morgan fingerprint density at radius 3 is 2.82 bits per heavy atom. The molecule has 5 heteroatoms. The molecule has 2 saturated heterocycles. The summed E-state index contributed by atoms with van der Waals surface area (Å²) in [5, 5.41) is 10.1. The molecule has 0 aromatic heterocycles. The van der Waals surface area contributed by atoms with E-state index in [9.17, 15) is 9.90 Å². The van der Waals surface area contributed by atoms with Crippen molar-refractivity contribution in [1.82, 2.24) is 0 Å². The van der Waals surface area contributed by atoms with Crippen LogP contribution in [0.2, 0.25) is 0 Å². The molecular formula is C12H20O5. The van der Waals surface area contributed by atoms with E-state index >= 15 is 0 Å². The van der Waals surface area contributed by atoms with Crippen molar-refractivity contribution in [3.63, 3.8) is 0 Å². The van der Waals surface area contributed by atoms with Gasteiger partial charge in [0.1, 0.15) is 0 Å². The van der Waals surface area contributed by atoms with E-state index in [4.69, 9.17) is 14.2 Å². The lowest BCUT2D eigenvalue weighted by Gasteiger charge is -2.48. The van der Waals surface area contributed by atoms with Gasteiger partial charge in [-0.2, -0.15) is 0 Å². The van der Waals surface area contributed by atoms with Crippen LogP contribution in [-0.4, -0.2) is 41.8 Å². The van der Waals surface area contributed by atoms with Crippen LogP contribution in [0, 0.1) is 0 Å². The van der Waals surface area contributed by atoms with Gasteiger partial charge in [-0.25, -0.2) is 0 Å². The molecular weight excluding hydrogens is 224 g/mol. The molecule has 1 N–H and O–H groups in total. The van der Waals surface area contributed by atoms with E-state index in [1.54, 1.807) is 0 Å². The number of esters is 1. The first-order valence-corrected chi connectivity index (χ1v) is 6.20. The Kier molecular flexibility index (Phi) is 3.70. The van der Waals surface area contributed by atoms with Crippen LogP contribution in [0.3, 0.4) is 0 Å². The second-order valence-corrected chi connectivity index (χ2v) is 4.88. The molecule has 2 aliphatic rings. The number of hydrogen-bond acceptors (Lipinski definition) is 5. The molecule has 0 saturated carbocycles. The quantitative estimate of drug-likeness (QED) is 0.697. The van der Waals surface area contributed by atoms with E-state index in [1.165, 1.54) is 6.92 Å². The Morgan fingerprint density at radius 2 is 2.24 bits per heavy atom. The molecule has 2 aliphatic heterocycles. The number of ether oxygens (including phenoxy) is 3. The fourth-order valence-electron chi connectivity index (χ4n) is 2.67. The highest BCUT2D eigenvalue weighted by Crippen LogP contribution is 2.39. The van der Waals surface area contributed by atoms with Crippen molar-refractivity contribution in [2.24, 2.45) is 0 Å². The zero-order valence-electron chi connectivity index (χ0n) is 10.3. The average molecular weight is 244 g/mol. The fraction of sp³-hybridized carbons (Fsp3) is 0.917. The summed E-state index contributed by atoms with van der Waals surface area (Å²) in [6, 6.07) is 0. The molecule has 5 nitrogen and oxygen atoms in total. The summed E-state index contributed by atoms with van der Waals surface area (Å²) in [5.41, 5.74) is 0. The summed E-state index contributed by atoms with van der Waals surface area (Å²) in [4.78, 5) is 11.1. The Balaban J connectivity index is 2.19. The molecule has 2 rings (SSSR count). The number of aliphatic hydroxyl groups is 1. The minimum absolute atomic E-state index is 0.0880. The molecule has 0 aromatic carbocycles. The number of carbonyl (C=O) groups is 1. The number of hydrogen-bond donors (Lipinski definition) is 1. The maximum absolute atomic E-state index is 11.1. The summed E-state index contributed by atoms with van der Waals surface area (Å²) < 4.78 is 16.7. The van der Waals surface area contributed by atoms with Gasteiger partial charge >= 0.3 is 5.97 Å². The first-order chi connectivity index (χ1) is 8.03. The van der Waals surface area contributed by atoms with Gasteiger partial charge in [-0.1, -0.05) is 0 Å². The smallest absolute Gasteiger partial charge is 0.303 e. The lowest BCUT2D eigenvalue weighted by molar-refractivity contribution is -0.350. The molecule has 98 valence electrons. The van der Waals surface area contributed by atoms with Gasteiger partial charge in [0.2, 0.25) is 5.79 Å². The van der Waals surface area contributed by atoms with E-state index in [1.807, 2.05) is 6.92 Å². The predicted octanol–water partition coefficient (Wildman–Crippen LogP) is 0.985. The minimum Gasteiger partial charge on any atom is -0.454 e. The molecule has 0 radical (unpaired) electrons. The Labute approximate surface area is 101 Å². The van der Waals surface area contributed by atoms with Crippen molar-refractivity contribution < 1.29 is 24.1 Å². The second kappa shape index (κ2) is 4.92. The first-order valence-electron chi connectivity index (χ1n) is 6.20. The highest BCUT2D eigenvalue weighted by Gasteiger charge is 2.52. The molecule has 0 bridgehead atoms. The number of aliphatic hydroxyl groups excluding tert-OH is 1. The highest BCUT2D eigenvalue weighted by molar-refractivity contribution is 5.66. The molecule has 2 fully saturated rings. The van der Waals surface area contributed by atoms with E-state index in [-0.39, 0.29) is 6.10 Å². The summed E-state index contributed by atoms with van der Waals surface area (Å²) in [7, 11) is 0. The normalized spacial score (nSPS) is 42.4. The van der Waals surface area contributed by atoms with Gasteiger partial charge in [-0.15, -0.1) is 0 Å². The SMILES string of the molecule is CC(=O)O[C@H]1[C@@H](O)C[C@@H](C)O[C@@]12CCCCO2. The summed E-state index contributed by atoms with van der Waals surface area (Å²) in [6.45, 7) is 3.81. The third kappa shape index (κ3) is 2.61. The van der Waals surface area contributed by atoms with Gasteiger partial charge < -0.3 is 19.3 Å². The number of rotatable bonds is 1. The molecule has 4 atom stereocenters. The molecule has 0 aliphatic carbocycles. The third-order valence-electron chi connectivity index (χ3n) is 3.32. The zero-order valence-corrected chi connectivity index (χ0v) is 10.3. The lowest BCUT2D eigenvalue weighted by Crippen LogP contribution is -2.61. The number of carbonyl (C=O) groups excluding carboxylic acids is 1. The topological polar surface area (TPSA) is 65.0 Å². The van der Waals surface area contributed by atoms with Crippen LogP contribution in [0.5, 0.6) is 0 Å². The Morgan fingerprint density at radius 1 is 1.47 bits per heavy atom. The molecule has 2 heterocycles. The minimum atomic E-state index is -0.943. The van der Waals surface area contributed by atoms with Crippen molar-refractivity contribution in [2.75, 3.05) is 6.61 Å². The van der Waals surface area contributed by atoms with Crippen molar-refractivity contribution in [3.8, 4) is 0 Å². The lowest BCUT2D eigenvalue weighted by atomic mass is 9.90. The maximum Gasteiger partial charge on any atom is 0.303 e. The van der Waals surface area contributed by atoms with Crippen LogP contribution in [0.15, 0.2) is 0 Å². The van der Waals surface area contributed by atoms with Crippen LogP contribution < -0.4 is 0 Å². The third-order valence-corrected chi connectivity index (χ3v) is 3.32. The first kappa shape index (κ1) is 12.8. The van der Waals surface area contributed by atoms with E-state index in [0.717, 1.165) is 12.8 Å². The Bertz CT molecular complexity index is 285. The van der Waals surface area contributed by atoms with Gasteiger partial charge in [0, 0.05) is 19.8 Å². The van der Waals surface area contributed by atoms with Crippen LogP contribution >= 0.6 is 0 Å². The second-order valence-electron chi connectivity index (χ2n) is 4.88. The van der Waals surface area contributed by atoms with Crippen LogP contribution in [0.4, 0.5) is 0 Å². The van der Waals surface area contributed by atoms with Crippen molar-refractivity contribution in [2.45, 2.75) is 63.6 Å². The van der Waals surface area contributed by atoms with Crippen LogP contribution in [0.1, 0.15) is 39.5 Å². The fourth-order valence-corrected chi connectivity index (χ4v) is 2.67. The summed E-state index contributed by atoms with van der Waals surface area (Å²) >= 11 is 0. The monoisotopic (exact) mass is 244 g/mol. The maximum atomic E-state index is 11.1. The molecule has 0 aromatic rings. The summed E-state index contributed by atoms with van der Waals surface area (Å²) in [6.07, 6.45) is 1.53. The molecule has 0 amide bonds. The van der Waals surface area contributed by atoms with Gasteiger partial charge in [-0.05, 0) is 19.8 Å². The Hall–Kier alpha value is -0.650. The van der Waals surface area contributed by atoms with Crippen LogP contribution in [0.25, 0.3) is 0 Å². The van der Waals surface area contributed by atoms with Gasteiger partial charge in [0.25, 0.3) is 0 Å². The van der Waals surface area contributed by atoms with Gasteiger partial charge in [-0.3, -0.25) is 4.79 Å². The van der Waals surface area contributed by atoms with Crippen molar-refractivity contribution >= 4 is 5.97 Å². The standard InChI is InChI=1S/C12H20O5/c1-8-7-10(14)11(16-9(2)13)12(17-8)5-3-4-6-15-12/h8,10-11,14H,3-7H2,1-2H3/t8-,10+,11+,12+/m1/s1. The van der Waals surface area contributed by atoms with E-state index in [2.05, 4.69) is 0 Å². The van der Waals surface area contributed by atoms with Crippen LogP contribution in [-0.2, 0) is 19.0 Å². The molecule has 0 unspecified atom stereocenters. The molecule has 17 heavy (non-hydrogen) atoms. The van der Waals surface area contributed by atoms with Crippen molar-refractivity contribution in [1.29, 1.82) is 0 Å². The van der Waals surface area contributed by atoms with Crippen molar-refractivity contribution in [3.05, 3.63) is 0 Å². The predicted molar refractivity (Wildman–Crippen MR) is 59.3 cm³/mol. The van der Waals surface area contributed by atoms with Gasteiger partial charge in [0.15, 0.2) is 6.10 Å². The van der Waals surface area contributed by atoms with E-state index < -0.39 is 24.0 Å². The van der Waals surface area contributed by atoms with E-state index in [0.29, 0.717) is 19.4 Å². The van der Waals surface area contributed by atoms with Gasteiger partial charge in [0.05, 0.1) is 18.8 Å². The zero-order chi connectivity index (χ0) is 12.5. The largest absolute Gasteiger partial charge is 0.454 e.